The monoisotopic (exact) mass is 412 g/mol. The molecule has 2 heterocycles. The molecule has 7 heteroatoms. The minimum atomic E-state index is -0.0461. The molecule has 1 aromatic carbocycles. The van der Waals surface area contributed by atoms with Crippen molar-refractivity contribution in [2.24, 2.45) is 4.99 Å². The van der Waals surface area contributed by atoms with Gasteiger partial charge in [-0.15, -0.1) is 0 Å². The van der Waals surface area contributed by atoms with Crippen molar-refractivity contribution in [1.29, 1.82) is 0 Å². The summed E-state index contributed by atoms with van der Waals surface area (Å²) in [6, 6.07) is 11.6. The summed E-state index contributed by atoms with van der Waals surface area (Å²) < 4.78 is 11.0. The van der Waals surface area contributed by atoms with Gasteiger partial charge in [-0.05, 0) is 51.0 Å². The van der Waals surface area contributed by atoms with E-state index in [0.717, 1.165) is 50.7 Å². The molecule has 0 unspecified atom stereocenters. The molecule has 0 aliphatic carbocycles. The summed E-state index contributed by atoms with van der Waals surface area (Å²) in [5.74, 6) is 2.19. The van der Waals surface area contributed by atoms with E-state index in [-0.39, 0.29) is 5.91 Å². The summed E-state index contributed by atoms with van der Waals surface area (Å²) in [4.78, 5) is 21.2. The highest BCUT2D eigenvalue weighted by molar-refractivity contribution is 5.91. The highest BCUT2D eigenvalue weighted by Gasteiger charge is 2.25. The van der Waals surface area contributed by atoms with Crippen molar-refractivity contribution in [1.82, 2.24) is 15.1 Å². The third-order valence-electron chi connectivity index (χ3n) is 5.04. The number of furan rings is 1. The molecule has 0 spiro atoms. The van der Waals surface area contributed by atoms with E-state index in [1.807, 2.05) is 17.0 Å². The van der Waals surface area contributed by atoms with E-state index in [0.29, 0.717) is 25.5 Å². The molecule has 1 aromatic heterocycles. The molecule has 1 amide bonds. The van der Waals surface area contributed by atoms with Crippen molar-refractivity contribution in [3.63, 3.8) is 0 Å². The number of nitrogens with one attached hydrogen (secondary N) is 1. The van der Waals surface area contributed by atoms with Gasteiger partial charge in [0.15, 0.2) is 11.7 Å². The van der Waals surface area contributed by atoms with Crippen molar-refractivity contribution < 1.29 is 13.9 Å². The van der Waals surface area contributed by atoms with Crippen molar-refractivity contribution in [3.05, 3.63) is 54.0 Å². The SMILES string of the molecule is CCNC(=NCCCCOc1ccc(C)cc1)N1CCN(C(=O)c2ccco2)CC1. The zero-order valence-electron chi connectivity index (χ0n) is 18.0. The molecule has 1 aliphatic heterocycles. The van der Waals surface area contributed by atoms with Crippen LogP contribution in [0, 0.1) is 6.92 Å². The number of ether oxygens (including phenoxy) is 1. The van der Waals surface area contributed by atoms with Crippen molar-refractivity contribution >= 4 is 11.9 Å². The van der Waals surface area contributed by atoms with E-state index in [1.54, 1.807) is 12.1 Å². The molecule has 2 aromatic rings. The normalized spacial score (nSPS) is 14.7. The largest absolute Gasteiger partial charge is 0.494 e. The summed E-state index contributed by atoms with van der Waals surface area (Å²) in [5.41, 5.74) is 1.24. The van der Waals surface area contributed by atoms with Gasteiger partial charge in [0.1, 0.15) is 5.75 Å². The Balaban J connectivity index is 1.39. The molecule has 3 rings (SSSR count). The first-order chi connectivity index (χ1) is 14.7. The second kappa shape index (κ2) is 11.3. The Kier molecular flexibility index (Phi) is 8.18. The van der Waals surface area contributed by atoms with E-state index in [2.05, 4.69) is 36.2 Å². The minimum Gasteiger partial charge on any atom is -0.494 e. The number of rotatable bonds is 8. The number of guanidine groups is 1. The Morgan fingerprint density at radius 3 is 2.50 bits per heavy atom. The highest BCUT2D eigenvalue weighted by Crippen LogP contribution is 2.12. The predicted molar refractivity (Wildman–Crippen MR) is 118 cm³/mol. The molecular formula is C23H32N4O3. The maximum Gasteiger partial charge on any atom is 0.289 e. The molecule has 1 fully saturated rings. The van der Waals surface area contributed by atoms with Crippen LogP contribution in [-0.4, -0.2) is 67.5 Å². The van der Waals surface area contributed by atoms with Gasteiger partial charge in [0.25, 0.3) is 5.91 Å². The summed E-state index contributed by atoms with van der Waals surface area (Å²) >= 11 is 0. The lowest BCUT2D eigenvalue weighted by molar-refractivity contribution is 0.0657. The number of carbonyl (C=O) groups excluding carboxylic acids is 1. The minimum absolute atomic E-state index is 0.0461. The van der Waals surface area contributed by atoms with Gasteiger partial charge in [0.05, 0.1) is 12.9 Å². The molecule has 7 nitrogen and oxygen atoms in total. The molecule has 0 radical (unpaired) electrons. The number of carbonyl (C=O) groups is 1. The number of amides is 1. The smallest absolute Gasteiger partial charge is 0.289 e. The quantitative estimate of drug-likeness (QED) is 0.410. The molecule has 1 aliphatic rings. The summed E-state index contributed by atoms with van der Waals surface area (Å²) in [5, 5.41) is 3.37. The Bertz CT molecular complexity index is 794. The maximum atomic E-state index is 12.4. The molecule has 162 valence electrons. The van der Waals surface area contributed by atoms with Gasteiger partial charge < -0.3 is 24.3 Å². The lowest BCUT2D eigenvalue weighted by atomic mass is 10.2. The third kappa shape index (κ3) is 6.27. The van der Waals surface area contributed by atoms with Gasteiger partial charge in [-0.3, -0.25) is 9.79 Å². The van der Waals surface area contributed by atoms with Crippen molar-refractivity contribution in [3.8, 4) is 5.75 Å². The second-order valence-corrected chi connectivity index (χ2v) is 7.36. The molecule has 1 saturated heterocycles. The lowest BCUT2D eigenvalue weighted by Crippen LogP contribution is -2.53. The number of hydrogen-bond donors (Lipinski definition) is 1. The van der Waals surface area contributed by atoms with Gasteiger partial charge >= 0.3 is 0 Å². The molecule has 0 bridgehead atoms. The molecular weight excluding hydrogens is 380 g/mol. The van der Waals surface area contributed by atoms with Gasteiger partial charge in [-0.25, -0.2) is 0 Å². The fourth-order valence-corrected chi connectivity index (χ4v) is 3.33. The van der Waals surface area contributed by atoms with E-state index in [9.17, 15) is 4.79 Å². The fraction of sp³-hybridized carbons (Fsp3) is 0.478. The first-order valence-corrected chi connectivity index (χ1v) is 10.7. The van der Waals surface area contributed by atoms with Gasteiger partial charge in [0, 0.05) is 39.3 Å². The Morgan fingerprint density at radius 1 is 1.10 bits per heavy atom. The first-order valence-electron chi connectivity index (χ1n) is 10.7. The van der Waals surface area contributed by atoms with E-state index in [4.69, 9.17) is 14.1 Å². The van der Waals surface area contributed by atoms with Crippen LogP contribution in [0.4, 0.5) is 0 Å². The van der Waals surface area contributed by atoms with Crippen LogP contribution >= 0.6 is 0 Å². The molecule has 1 N–H and O–H groups in total. The fourth-order valence-electron chi connectivity index (χ4n) is 3.33. The Morgan fingerprint density at radius 2 is 1.83 bits per heavy atom. The third-order valence-corrected chi connectivity index (χ3v) is 5.04. The van der Waals surface area contributed by atoms with Gasteiger partial charge in [-0.2, -0.15) is 0 Å². The molecule has 0 atom stereocenters. The average molecular weight is 413 g/mol. The van der Waals surface area contributed by atoms with Crippen LogP contribution < -0.4 is 10.1 Å². The van der Waals surface area contributed by atoms with E-state index >= 15 is 0 Å². The Labute approximate surface area is 178 Å². The van der Waals surface area contributed by atoms with Crippen LogP contribution in [0.5, 0.6) is 5.75 Å². The highest BCUT2D eigenvalue weighted by atomic mass is 16.5. The number of piperazine rings is 1. The van der Waals surface area contributed by atoms with Gasteiger partial charge in [-0.1, -0.05) is 17.7 Å². The van der Waals surface area contributed by atoms with Crippen LogP contribution in [0.1, 0.15) is 35.9 Å². The lowest BCUT2D eigenvalue weighted by Gasteiger charge is -2.36. The standard InChI is InChI=1S/C23H32N4O3/c1-3-24-23(25-12-4-5-17-29-20-10-8-19(2)9-11-20)27-15-13-26(14-16-27)22(28)21-7-6-18-30-21/h6-11,18H,3-5,12-17H2,1-2H3,(H,24,25). The summed E-state index contributed by atoms with van der Waals surface area (Å²) in [6.07, 6.45) is 3.46. The zero-order chi connectivity index (χ0) is 21.2. The molecule has 0 saturated carbocycles. The number of benzene rings is 1. The first kappa shape index (κ1) is 21.7. The number of unbranched alkanes of at least 4 members (excludes halogenated alkanes) is 1. The Hall–Kier alpha value is -2.96. The average Bonchev–Trinajstić information content (AvgIpc) is 3.31. The predicted octanol–water partition coefficient (Wildman–Crippen LogP) is 3.17. The van der Waals surface area contributed by atoms with Crippen LogP contribution in [0.25, 0.3) is 0 Å². The summed E-state index contributed by atoms with van der Waals surface area (Å²) in [7, 11) is 0. The van der Waals surface area contributed by atoms with Crippen LogP contribution in [0.2, 0.25) is 0 Å². The van der Waals surface area contributed by atoms with E-state index in [1.165, 1.54) is 11.8 Å². The topological polar surface area (TPSA) is 70.3 Å². The van der Waals surface area contributed by atoms with Crippen LogP contribution in [-0.2, 0) is 0 Å². The van der Waals surface area contributed by atoms with Gasteiger partial charge in [0.2, 0.25) is 0 Å². The second-order valence-electron chi connectivity index (χ2n) is 7.36. The maximum absolute atomic E-state index is 12.4. The zero-order valence-corrected chi connectivity index (χ0v) is 18.0. The number of nitrogens with zero attached hydrogens (tertiary/aromatic N) is 3. The number of aliphatic imine (C=N–C) groups is 1. The van der Waals surface area contributed by atoms with Crippen LogP contribution in [0.3, 0.4) is 0 Å². The summed E-state index contributed by atoms with van der Waals surface area (Å²) in [6.45, 7) is 9.25. The van der Waals surface area contributed by atoms with Crippen molar-refractivity contribution in [2.75, 3.05) is 45.9 Å². The number of aryl methyl sites for hydroxylation is 1. The number of hydrogen-bond acceptors (Lipinski definition) is 4. The van der Waals surface area contributed by atoms with E-state index < -0.39 is 0 Å². The van der Waals surface area contributed by atoms with Crippen LogP contribution in [0.15, 0.2) is 52.1 Å². The van der Waals surface area contributed by atoms with Crippen molar-refractivity contribution in [2.45, 2.75) is 26.7 Å². The molecule has 30 heavy (non-hydrogen) atoms.